The molecular formula is C18H27ClF2N4O2. The molecular weight excluding hydrogens is 378 g/mol. The Kier molecular flexibility index (Phi) is 10.8. The van der Waals surface area contributed by atoms with E-state index in [2.05, 4.69) is 20.9 Å². The smallest absolute Gasteiger partial charge is 0.254 e. The third kappa shape index (κ3) is 8.64. The Morgan fingerprint density at radius 3 is 2.48 bits per heavy atom. The Labute approximate surface area is 164 Å². The first-order valence-corrected chi connectivity index (χ1v) is 8.99. The summed E-state index contributed by atoms with van der Waals surface area (Å²) in [7, 11) is 0. The van der Waals surface area contributed by atoms with Crippen molar-refractivity contribution in [3.05, 3.63) is 35.4 Å². The quantitative estimate of drug-likeness (QED) is 0.542. The Balaban J connectivity index is 0.00000364. The van der Waals surface area contributed by atoms with Crippen LogP contribution in [-0.2, 0) is 4.79 Å². The van der Waals surface area contributed by atoms with Crippen molar-refractivity contribution in [3.8, 4) is 0 Å². The van der Waals surface area contributed by atoms with Crippen LogP contribution in [-0.4, -0.2) is 62.5 Å². The third-order valence-corrected chi connectivity index (χ3v) is 4.22. The Morgan fingerprint density at radius 1 is 1.07 bits per heavy atom. The van der Waals surface area contributed by atoms with Crippen molar-refractivity contribution in [2.75, 3.05) is 45.8 Å². The Morgan fingerprint density at radius 2 is 1.78 bits per heavy atom. The van der Waals surface area contributed by atoms with Crippen molar-refractivity contribution in [2.24, 2.45) is 0 Å². The second kappa shape index (κ2) is 12.6. The molecule has 0 bridgehead atoms. The van der Waals surface area contributed by atoms with Gasteiger partial charge in [0.05, 0.1) is 5.56 Å². The number of hydrogen-bond donors (Lipinski definition) is 3. The van der Waals surface area contributed by atoms with Crippen molar-refractivity contribution in [1.82, 2.24) is 20.9 Å². The van der Waals surface area contributed by atoms with Crippen LogP contribution in [0.15, 0.2) is 18.2 Å². The van der Waals surface area contributed by atoms with Gasteiger partial charge in [-0.3, -0.25) is 9.59 Å². The van der Waals surface area contributed by atoms with Crippen LogP contribution < -0.4 is 16.0 Å². The highest BCUT2D eigenvalue weighted by atomic mass is 35.5. The van der Waals surface area contributed by atoms with Crippen molar-refractivity contribution >= 4 is 24.2 Å². The van der Waals surface area contributed by atoms with Gasteiger partial charge in [0.2, 0.25) is 5.91 Å². The zero-order valence-corrected chi connectivity index (χ0v) is 16.0. The van der Waals surface area contributed by atoms with Gasteiger partial charge in [-0.15, -0.1) is 12.4 Å². The summed E-state index contributed by atoms with van der Waals surface area (Å²) in [6, 6.07) is 2.81. The van der Waals surface area contributed by atoms with E-state index < -0.39 is 17.5 Å². The van der Waals surface area contributed by atoms with Gasteiger partial charge in [0, 0.05) is 51.8 Å². The van der Waals surface area contributed by atoms with E-state index >= 15 is 0 Å². The molecule has 1 aliphatic rings. The molecule has 0 unspecified atom stereocenters. The molecule has 1 fully saturated rings. The van der Waals surface area contributed by atoms with E-state index in [1.165, 1.54) is 0 Å². The van der Waals surface area contributed by atoms with Crippen LogP contribution in [0, 0.1) is 11.6 Å². The van der Waals surface area contributed by atoms with E-state index in [0.29, 0.717) is 25.5 Å². The van der Waals surface area contributed by atoms with Gasteiger partial charge < -0.3 is 20.9 Å². The molecule has 0 aliphatic carbocycles. The summed E-state index contributed by atoms with van der Waals surface area (Å²) in [4.78, 5) is 25.9. The number of halogens is 3. The molecule has 3 N–H and O–H groups in total. The van der Waals surface area contributed by atoms with Gasteiger partial charge in [0.25, 0.3) is 5.91 Å². The first-order valence-electron chi connectivity index (χ1n) is 8.99. The maximum absolute atomic E-state index is 13.5. The van der Waals surface area contributed by atoms with Gasteiger partial charge in [-0.1, -0.05) is 0 Å². The lowest BCUT2D eigenvalue weighted by Crippen LogP contribution is -2.44. The van der Waals surface area contributed by atoms with Gasteiger partial charge in [0.15, 0.2) is 0 Å². The summed E-state index contributed by atoms with van der Waals surface area (Å²) in [5.41, 5.74) is -0.205. The number of nitrogens with zero attached hydrogens (tertiary/aromatic N) is 1. The maximum atomic E-state index is 13.5. The zero-order valence-electron chi connectivity index (χ0n) is 15.2. The standard InChI is InChI=1S/C18H26F2N4O2.ClH/c19-14-4-5-15(16(20)13-14)18(26)23-6-1-3-17(25)22-7-2-10-24-11-8-21-9-12-24;/h4-5,13,21H,1-3,6-12H2,(H,22,25)(H,23,26);1H. The highest BCUT2D eigenvalue weighted by molar-refractivity contribution is 5.94. The number of benzene rings is 1. The van der Waals surface area contributed by atoms with Crippen molar-refractivity contribution in [3.63, 3.8) is 0 Å². The average Bonchev–Trinajstić information content (AvgIpc) is 2.63. The molecule has 152 valence electrons. The Bertz CT molecular complexity index is 613. The minimum absolute atomic E-state index is 0. The van der Waals surface area contributed by atoms with Gasteiger partial charge in [0.1, 0.15) is 11.6 Å². The molecule has 1 saturated heterocycles. The fourth-order valence-electron chi connectivity index (χ4n) is 2.77. The molecule has 0 spiro atoms. The summed E-state index contributed by atoms with van der Waals surface area (Å²) in [5.74, 6) is -2.30. The van der Waals surface area contributed by atoms with Crippen LogP contribution in [0.3, 0.4) is 0 Å². The van der Waals surface area contributed by atoms with Gasteiger partial charge in [-0.25, -0.2) is 8.78 Å². The molecule has 0 atom stereocenters. The minimum atomic E-state index is -0.898. The third-order valence-electron chi connectivity index (χ3n) is 4.22. The van der Waals surface area contributed by atoms with E-state index in [1.807, 2.05) is 0 Å². The van der Waals surface area contributed by atoms with Crippen LogP contribution in [0.2, 0.25) is 0 Å². The first-order chi connectivity index (χ1) is 12.6. The molecule has 1 aromatic rings. The minimum Gasteiger partial charge on any atom is -0.356 e. The molecule has 6 nitrogen and oxygen atoms in total. The zero-order chi connectivity index (χ0) is 18.8. The monoisotopic (exact) mass is 404 g/mol. The highest BCUT2D eigenvalue weighted by Gasteiger charge is 2.12. The number of carbonyl (C=O) groups is 2. The first kappa shape index (κ1) is 23.3. The molecule has 2 amide bonds. The van der Waals surface area contributed by atoms with Crippen molar-refractivity contribution in [1.29, 1.82) is 0 Å². The second-order valence-electron chi connectivity index (χ2n) is 6.28. The molecule has 0 saturated carbocycles. The highest BCUT2D eigenvalue weighted by Crippen LogP contribution is 2.09. The van der Waals surface area contributed by atoms with Crippen LogP contribution in [0.1, 0.15) is 29.6 Å². The number of rotatable bonds is 9. The summed E-state index contributed by atoms with van der Waals surface area (Å²) in [6.45, 7) is 5.98. The number of amides is 2. The summed E-state index contributed by atoms with van der Waals surface area (Å²) >= 11 is 0. The Hall–Kier alpha value is -1.77. The summed E-state index contributed by atoms with van der Waals surface area (Å²) in [6.07, 6.45) is 1.66. The van der Waals surface area contributed by atoms with Crippen LogP contribution in [0.4, 0.5) is 8.78 Å². The van der Waals surface area contributed by atoms with Crippen LogP contribution in [0.5, 0.6) is 0 Å². The number of piperazine rings is 1. The van der Waals surface area contributed by atoms with Crippen molar-refractivity contribution < 1.29 is 18.4 Å². The largest absolute Gasteiger partial charge is 0.356 e. The topological polar surface area (TPSA) is 73.5 Å². The van der Waals surface area contributed by atoms with E-state index in [4.69, 9.17) is 0 Å². The number of hydrogen-bond acceptors (Lipinski definition) is 4. The molecule has 1 aromatic carbocycles. The number of nitrogens with one attached hydrogen (secondary N) is 3. The molecule has 0 aromatic heterocycles. The van der Waals surface area contributed by atoms with Gasteiger partial charge in [-0.05, 0) is 31.5 Å². The fraction of sp³-hybridized carbons (Fsp3) is 0.556. The van der Waals surface area contributed by atoms with Gasteiger partial charge in [-0.2, -0.15) is 0 Å². The van der Waals surface area contributed by atoms with E-state index in [-0.39, 0.29) is 30.4 Å². The molecule has 9 heteroatoms. The fourth-order valence-corrected chi connectivity index (χ4v) is 2.77. The van der Waals surface area contributed by atoms with Crippen molar-refractivity contribution in [2.45, 2.75) is 19.3 Å². The van der Waals surface area contributed by atoms with E-state index in [1.54, 1.807) is 0 Å². The lowest BCUT2D eigenvalue weighted by molar-refractivity contribution is -0.121. The lowest BCUT2D eigenvalue weighted by Gasteiger charge is -2.27. The average molecular weight is 405 g/mol. The molecule has 1 aliphatic heterocycles. The molecule has 0 radical (unpaired) electrons. The van der Waals surface area contributed by atoms with Crippen LogP contribution >= 0.6 is 12.4 Å². The summed E-state index contributed by atoms with van der Waals surface area (Å²) in [5, 5.41) is 8.69. The number of carbonyl (C=O) groups excluding carboxylic acids is 2. The molecule has 1 heterocycles. The van der Waals surface area contributed by atoms with E-state index in [9.17, 15) is 18.4 Å². The second-order valence-corrected chi connectivity index (χ2v) is 6.28. The van der Waals surface area contributed by atoms with Gasteiger partial charge >= 0.3 is 0 Å². The predicted molar refractivity (Wildman–Crippen MR) is 102 cm³/mol. The lowest BCUT2D eigenvalue weighted by atomic mass is 10.2. The molecule has 27 heavy (non-hydrogen) atoms. The normalized spacial score (nSPS) is 14.3. The van der Waals surface area contributed by atoms with E-state index in [0.717, 1.165) is 51.3 Å². The summed E-state index contributed by atoms with van der Waals surface area (Å²) < 4.78 is 26.3. The maximum Gasteiger partial charge on any atom is 0.254 e. The molecule has 2 rings (SSSR count). The predicted octanol–water partition coefficient (Wildman–Crippen LogP) is 1.31. The van der Waals surface area contributed by atoms with Crippen LogP contribution in [0.25, 0.3) is 0 Å². The SMILES string of the molecule is Cl.O=C(CCCNC(=O)c1ccc(F)cc1F)NCCCN1CCNCC1.